The normalized spacial score (nSPS) is 24.7. The van der Waals surface area contributed by atoms with Gasteiger partial charge in [-0.3, -0.25) is 9.69 Å². The molecule has 0 aliphatic heterocycles. The van der Waals surface area contributed by atoms with E-state index in [1.165, 1.54) is 12.5 Å². The molecule has 5 heteroatoms. The van der Waals surface area contributed by atoms with Crippen LogP contribution in [0.25, 0.3) is 0 Å². The summed E-state index contributed by atoms with van der Waals surface area (Å²) in [5.41, 5.74) is 0.434. The SMILES string of the molecule is C[C@@H]1[C@H](C)CCC[C@@H]1NC(=O)CN(C)Cc1c(F)cccc1Cl. The number of likely N-dealkylation sites (N-methyl/N-ethyl adjacent to an activating group) is 1. The van der Waals surface area contributed by atoms with Gasteiger partial charge in [-0.05, 0) is 37.4 Å². The predicted molar refractivity (Wildman–Crippen MR) is 91.9 cm³/mol. The summed E-state index contributed by atoms with van der Waals surface area (Å²) < 4.78 is 13.8. The van der Waals surface area contributed by atoms with E-state index in [0.29, 0.717) is 29.0 Å². The molecular weight excluding hydrogens is 315 g/mol. The highest BCUT2D eigenvalue weighted by molar-refractivity contribution is 6.31. The standard InChI is InChI=1S/C18H26ClFN2O/c1-12-6-4-9-17(13(12)2)21-18(23)11-22(3)10-14-15(19)7-5-8-16(14)20/h5,7-8,12-13,17H,4,6,9-11H2,1-3H3,(H,21,23)/t12-,13-,17+/m1/s1. The van der Waals surface area contributed by atoms with Crippen LogP contribution < -0.4 is 5.32 Å². The van der Waals surface area contributed by atoms with Gasteiger partial charge in [-0.15, -0.1) is 0 Å². The zero-order chi connectivity index (χ0) is 17.0. The first-order valence-corrected chi connectivity index (χ1v) is 8.67. The Bertz CT molecular complexity index is 532. The molecule has 0 aromatic heterocycles. The van der Waals surface area contributed by atoms with Crippen molar-refractivity contribution in [3.63, 3.8) is 0 Å². The molecule has 1 fully saturated rings. The second-order valence-corrected chi connectivity index (χ2v) is 7.22. The van der Waals surface area contributed by atoms with Crippen molar-refractivity contribution in [3.8, 4) is 0 Å². The van der Waals surface area contributed by atoms with E-state index in [1.807, 2.05) is 0 Å². The Balaban J connectivity index is 1.87. The fourth-order valence-corrected chi connectivity index (χ4v) is 3.52. The molecule has 1 aliphatic rings. The third-order valence-electron chi connectivity index (χ3n) is 4.96. The van der Waals surface area contributed by atoms with Gasteiger partial charge in [0.05, 0.1) is 6.54 Å². The van der Waals surface area contributed by atoms with Crippen molar-refractivity contribution < 1.29 is 9.18 Å². The van der Waals surface area contributed by atoms with Gasteiger partial charge in [0, 0.05) is 23.2 Å². The first-order chi connectivity index (χ1) is 10.9. The minimum Gasteiger partial charge on any atom is -0.352 e. The molecule has 0 spiro atoms. The largest absolute Gasteiger partial charge is 0.352 e. The van der Waals surface area contributed by atoms with Gasteiger partial charge in [0.15, 0.2) is 0 Å². The van der Waals surface area contributed by atoms with Crippen LogP contribution in [0.15, 0.2) is 18.2 Å². The number of halogens is 2. The minimum atomic E-state index is -0.334. The van der Waals surface area contributed by atoms with Gasteiger partial charge in [0.25, 0.3) is 0 Å². The highest BCUT2D eigenvalue weighted by Crippen LogP contribution is 2.29. The van der Waals surface area contributed by atoms with E-state index in [9.17, 15) is 9.18 Å². The van der Waals surface area contributed by atoms with E-state index in [0.717, 1.165) is 12.8 Å². The van der Waals surface area contributed by atoms with E-state index in [4.69, 9.17) is 11.6 Å². The van der Waals surface area contributed by atoms with Crippen LogP contribution in [-0.2, 0) is 11.3 Å². The third kappa shape index (κ3) is 4.92. The van der Waals surface area contributed by atoms with E-state index in [-0.39, 0.29) is 24.3 Å². The van der Waals surface area contributed by atoms with Gasteiger partial charge < -0.3 is 5.32 Å². The monoisotopic (exact) mass is 340 g/mol. The third-order valence-corrected chi connectivity index (χ3v) is 5.31. The number of amides is 1. The van der Waals surface area contributed by atoms with Gasteiger partial charge in [-0.25, -0.2) is 4.39 Å². The Kier molecular flexibility index (Phi) is 6.42. The summed E-state index contributed by atoms with van der Waals surface area (Å²) in [4.78, 5) is 14.0. The lowest BCUT2D eigenvalue weighted by atomic mass is 9.78. The highest BCUT2D eigenvalue weighted by Gasteiger charge is 2.28. The maximum atomic E-state index is 13.8. The van der Waals surface area contributed by atoms with Crippen molar-refractivity contribution in [2.24, 2.45) is 11.8 Å². The zero-order valence-corrected chi connectivity index (χ0v) is 14.9. The molecule has 3 nitrogen and oxygen atoms in total. The number of nitrogens with one attached hydrogen (secondary N) is 1. The van der Waals surface area contributed by atoms with Crippen LogP contribution >= 0.6 is 11.6 Å². The number of rotatable bonds is 5. The summed E-state index contributed by atoms with van der Waals surface area (Å²) >= 11 is 6.03. The summed E-state index contributed by atoms with van der Waals surface area (Å²) in [6.45, 7) is 5.00. The molecule has 1 aliphatic carbocycles. The lowest BCUT2D eigenvalue weighted by Gasteiger charge is -2.35. The molecular formula is C18H26ClFN2O. The molecule has 1 saturated carbocycles. The van der Waals surface area contributed by atoms with Crippen LogP contribution in [0.5, 0.6) is 0 Å². The Hall–Kier alpha value is -1.13. The molecule has 2 rings (SSSR count). The van der Waals surface area contributed by atoms with Crippen LogP contribution in [-0.4, -0.2) is 30.4 Å². The summed E-state index contributed by atoms with van der Waals surface area (Å²) in [6, 6.07) is 4.88. The molecule has 0 radical (unpaired) electrons. The van der Waals surface area contributed by atoms with Crippen LogP contribution in [0.2, 0.25) is 5.02 Å². The number of carbonyl (C=O) groups excluding carboxylic acids is 1. The Morgan fingerprint density at radius 3 is 2.83 bits per heavy atom. The molecule has 1 N–H and O–H groups in total. The highest BCUT2D eigenvalue weighted by atomic mass is 35.5. The molecule has 0 saturated heterocycles. The molecule has 0 bridgehead atoms. The van der Waals surface area contributed by atoms with Crippen molar-refractivity contribution in [1.82, 2.24) is 10.2 Å². The predicted octanol–water partition coefficient (Wildman–Crippen LogP) is 3.85. The Morgan fingerprint density at radius 1 is 1.39 bits per heavy atom. The summed E-state index contributed by atoms with van der Waals surface area (Å²) in [5, 5.41) is 3.53. The van der Waals surface area contributed by atoms with Gasteiger partial charge in [0.2, 0.25) is 5.91 Å². The second kappa shape index (κ2) is 8.11. The quantitative estimate of drug-likeness (QED) is 0.883. The second-order valence-electron chi connectivity index (χ2n) is 6.81. The average Bonchev–Trinajstić information content (AvgIpc) is 2.48. The van der Waals surface area contributed by atoms with Crippen molar-refractivity contribution >= 4 is 17.5 Å². The number of hydrogen-bond acceptors (Lipinski definition) is 2. The summed E-state index contributed by atoms with van der Waals surface area (Å²) in [6.07, 6.45) is 3.44. The van der Waals surface area contributed by atoms with Gasteiger partial charge in [-0.2, -0.15) is 0 Å². The lowest BCUT2D eigenvalue weighted by molar-refractivity contribution is -0.123. The lowest BCUT2D eigenvalue weighted by Crippen LogP contribution is -2.46. The van der Waals surface area contributed by atoms with Crippen LogP contribution in [0.1, 0.15) is 38.7 Å². The van der Waals surface area contributed by atoms with E-state index in [1.54, 1.807) is 24.1 Å². The first kappa shape index (κ1) is 18.2. The van der Waals surface area contributed by atoms with Crippen LogP contribution in [0, 0.1) is 17.7 Å². The molecule has 1 amide bonds. The van der Waals surface area contributed by atoms with Gasteiger partial charge >= 0.3 is 0 Å². The van der Waals surface area contributed by atoms with Crippen LogP contribution in [0.3, 0.4) is 0 Å². The Morgan fingerprint density at radius 2 is 2.13 bits per heavy atom. The average molecular weight is 341 g/mol. The Labute approximate surface area is 143 Å². The van der Waals surface area contributed by atoms with E-state index >= 15 is 0 Å². The zero-order valence-electron chi connectivity index (χ0n) is 14.1. The fourth-order valence-electron chi connectivity index (χ4n) is 3.29. The molecule has 1 aromatic carbocycles. The molecule has 128 valence electrons. The maximum absolute atomic E-state index is 13.8. The van der Waals surface area contributed by atoms with Crippen molar-refractivity contribution in [1.29, 1.82) is 0 Å². The molecule has 0 heterocycles. The number of carbonyl (C=O) groups is 1. The van der Waals surface area contributed by atoms with Crippen LogP contribution in [0.4, 0.5) is 4.39 Å². The smallest absolute Gasteiger partial charge is 0.234 e. The number of hydrogen-bond donors (Lipinski definition) is 1. The first-order valence-electron chi connectivity index (χ1n) is 8.29. The summed E-state index contributed by atoms with van der Waals surface area (Å²) in [5.74, 6) is 0.799. The maximum Gasteiger partial charge on any atom is 0.234 e. The van der Waals surface area contributed by atoms with Crippen molar-refractivity contribution in [3.05, 3.63) is 34.6 Å². The van der Waals surface area contributed by atoms with E-state index in [2.05, 4.69) is 19.2 Å². The van der Waals surface area contributed by atoms with E-state index < -0.39 is 0 Å². The van der Waals surface area contributed by atoms with Gasteiger partial charge in [0.1, 0.15) is 5.82 Å². The van der Waals surface area contributed by atoms with Crippen molar-refractivity contribution in [2.75, 3.05) is 13.6 Å². The minimum absolute atomic E-state index is 0.00842. The van der Waals surface area contributed by atoms with Crippen molar-refractivity contribution in [2.45, 2.75) is 45.7 Å². The molecule has 1 aromatic rings. The number of benzene rings is 1. The molecule has 3 atom stereocenters. The molecule has 23 heavy (non-hydrogen) atoms. The fraction of sp³-hybridized carbons (Fsp3) is 0.611. The number of nitrogens with zero attached hydrogens (tertiary/aromatic N) is 1. The topological polar surface area (TPSA) is 32.3 Å². The molecule has 0 unspecified atom stereocenters. The van der Waals surface area contributed by atoms with Gasteiger partial charge in [-0.1, -0.05) is 44.4 Å². The summed E-state index contributed by atoms with van der Waals surface area (Å²) in [7, 11) is 1.80.